The van der Waals surface area contributed by atoms with Crippen LogP contribution in [-0.2, 0) is 20.7 Å². The van der Waals surface area contributed by atoms with E-state index in [4.69, 9.17) is 9.84 Å². The zero-order valence-electron chi connectivity index (χ0n) is 11.8. The van der Waals surface area contributed by atoms with Gasteiger partial charge in [0, 0.05) is 0 Å². The quantitative estimate of drug-likeness (QED) is 0.707. The SMILES string of the molecule is CCOC(=O)C(CCc1ccccc1)NC(C)C(=O)O. The molecule has 2 N–H and O–H groups in total. The summed E-state index contributed by atoms with van der Waals surface area (Å²) in [5.74, 6) is -1.39. The number of benzene rings is 1. The molecular formula is C15H21NO4. The Morgan fingerprint density at radius 2 is 1.95 bits per heavy atom. The molecule has 0 aliphatic rings. The standard InChI is InChI=1S/C15H21NO4/c1-3-20-15(19)13(16-11(2)14(17)18)10-9-12-7-5-4-6-8-12/h4-8,11,13,16H,3,9-10H2,1-2H3,(H,17,18). The van der Waals surface area contributed by atoms with Crippen molar-refractivity contribution >= 4 is 11.9 Å². The van der Waals surface area contributed by atoms with Crippen molar-refractivity contribution < 1.29 is 19.4 Å². The molecule has 0 saturated heterocycles. The molecule has 0 bridgehead atoms. The maximum atomic E-state index is 11.8. The van der Waals surface area contributed by atoms with E-state index in [0.717, 1.165) is 5.56 Å². The second-order valence-corrected chi connectivity index (χ2v) is 4.56. The van der Waals surface area contributed by atoms with Crippen molar-refractivity contribution in [1.29, 1.82) is 0 Å². The summed E-state index contributed by atoms with van der Waals surface area (Å²) in [4.78, 5) is 22.7. The Morgan fingerprint density at radius 1 is 1.30 bits per heavy atom. The van der Waals surface area contributed by atoms with E-state index in [1.165, 1.54) is 6.92 Å². The van der Waals surface area contributed by atoms with Crippen LogP contribution in [-0.4, -0.2) is 35.7 Å². The lowest BCUT2D eigenvalue weighted by molar-refractivity contribution is -0.147. The minimum atomic E-state index is -0.987. The van der Waals surface area contributed by atoms with Gasteiger partial charge in [-0.25, -0.2) is 0 Å². The first kappa shape index (κ1) is 16.2. The number of aliphatic carboxylic acids is 1. The van der Waals surface area contributed by atoms with Crippen molar-refractivity contribution in [3.05, 3.63) is 35.9 Å². The van der Waals surface area contributed by atoms with Gasteiger partial charge >= 0.3 is 11.9 Å². The molecule has 110 valence electrons. The van der Waals surface area contributed by atoms with Crippen LogP contribution in [0, 0.1) is 0 Å². The maximum absolute atomic E-state index is 11.8. The number of carbonyl (C=O) groups is 2. The zero-order valence-corrected chi connectivity index (χ0v) is 11.8. The lowest BCUT2D eigenvalue weighted by Crippen LogP contribution is -2.46. The van der Waals surface area contributed by atoms with E-state index in [9.17, 15) is 9.59 Å². The van der Waals surface area contributed by atoms with Gasteiger partial charge in [-0.15, -0.1) is 0 Å². The topological polar surface area (TPSA) is 75.6 Å². The molecule has 0 aliphatic carbocycles. The highest BCUT2D eigenvalue weighted by Crippen LogP contribution is 2.07. The van der Waals surface area contributed by atoms with Crippen LogP contribution in [0.4, 0.5) is 0 Å². The number of esters is 1. The highest BCUT2D eigenvalue weighted by molar-refractivity contribution is 5.78. The van der Waals surface area contributed by atoms with E-state index in [2.05, 4.69) is 5.32 Å². The van der Waals surface area contributed by atoms with E-state index in [1.807, 2.05) is 30.3 Å². The summed E-state index contributed by atoms with van der Waals surface area (Å²) in [7, 11) is 0. The maximum Gasteiger partial charge on any atom is 0.323 e. The molecule has 1 aromatic carbocycles. The minimum Gasteiger partial charge on any atom is -0.480 e. The lowest BCUT2D eigenvalue weighted by Gasteiger charge is -2.19. The van der Waals surface area contributed by atoms with Crippen molar-refractivity contribution in [3.63, 3.8) is 0 Å². The number of carbonyl (C=O) groups excluding carboxylic acids is 1. The summed E-state index contributed by atoms with van der Waals surface area (Å²) in [5.41, 5.74) is 1.10. The van der Waals surface area contributed by atoms with Gasteiger partial charge in [0.25, 0.3) is 0 Å². The summed E-state index contributed by atoms with van der Waals surface area (Å²) in [6, 6.07) is 8.34. The van der Waals surface area contributed by atoms with Crippen molar-refractivity contribution in [2.75, 3.05) is 6.61 Å². The molecule has 0 amide bonds. The molecule has 2 atom stereocenters. The van der Waals surface area contributed by atoms with Gasteiger partial charge in [0.15, 0.2) is 0 Å². The molecule has 1 rings (SSSR count). The number of hydrogen-bond acceptors (Lipinski definition) is 4. The van der Waals surface area contributed by atoms with Gasteiger partial charge in [0.1, 0.15) is 12.1 Å². The first-order valence-electron chi connectivity index (χ1n) is 6.74. The first-order valence-corrected chi connectivity index (χ1v) is 6.74. The second-order valence-electron chi connectivity index (χ2n) is 4.56. The van der Waals surface area contributed by atoms with Crippen LogP contribution in [0.5, 0.6) is 0 Å². The Kier molecular flexibility index (Phi) is 6.73. The predicted molar refractivity (Wildman–Crippen MR) is 75.4 cm³/mol. The molecule has 0 aromatic heterocycles. The van der Waals surface area contributed by atoms with Gasteiger partial charge in [-0.2, -0.15) is 0 Å². The van der Waals surface area contributed by atoms with E-state index >= 15 is 0 Å². The molecule has 2 unspecified atom stereocenters. The highest BCUT2D eigenvalue weighted by atomic mass is 16.5. The van der Waals surface area contributed by atoms with Crippen molar-refractivity contribution in [2.24, 2.45) is 0 Å². The van der Waals surface area contributed by atoms with E-state index < -0.39 is 24.0 Å². The van der Waals surface area contributed by atoms with Crippen molar-refractivity contribution in [3.8, 4) is 0 Å². The molecule has 0 saturated carbocycles. The van der Waals surface area contributed by atoms with E-state index in [1.54, 1.807) is 6.92 Å². The summed E-state index contributed by atoms with van der Waals surface area (Å²) in [6.45, 7) is 3.52. The third kappa shape index (κ3) is 5.40. The summed E-state index contributed by atoms with van der Waals surface area (Å²) >= 11 is 0. The average molecular weight is 279 g/mol. The van der Waals surface area contributed by atoms with Crippen LogP contribution in [0.15, 0.2) is 30.3 Å². The van der Waals surface area contributed by atoms with Gasteiger partial charge in [-0.3, -0.25) is 14.9 Å². The molecule has 20 heavy (non-hydrogen) atoms. The molecular weight excluding hydrogens is 258 g/mol. The van der Waals surface area contributed by atoms with Crippen LogP contribution >= 0.6 is 0 Å². The Morgan fingerprint density at radius 3 is 2.50 bits per heavy atom. The highest BCUT2D eigenvalue weighted by Gasteiger charge is 2.24. The lowest BCUT2D eigenvalue weighted by atomic mass is 10.0. The number of carboxylic acid groups (broad SMARTS) is 1. The third-order valence-corrected chi connectivity index (χ3v) is 2.96. The van der Waals surface area contributed by atoms with Crippen LogP contribution in [0.1, 0.15) is 25.8 Å². The Balaban J connectivity index is 2.62. The molecule has 0 heterocycles. The number of hydrogen-bond donors (Lipinski definition) is 2. The summed E-state index contributed by atoms with van der Waals surface area (Å²) < 4.78 is 4.98. The molecule has 5 heteroatoms. The predicted octanol–water partition coefficient (Wildman–Crippen LogP) is 1.61. The van der Waals surface area contributed by atoms with Crippen molar-refractivity contribution in [1.82, 2.24) is 5.32 Å². The summed E-state index contributed by atoms with van der Waals surface area (Å²) in [6.07, 6.45) is 1.18. The van der Waals surface area contributed by atoms with Gasteiger partial charge in [0.05, 0.1) is 6.61 Å². The minimum absolute atomic E-state index is 0.282. The number of aryl methyl sites for hydroxylation is 1. The molecule has 5 nitrogen and oxygen atoms in total. The summed E-state index contributed by atoms with van der Waals surface area (Å²) in [5, 5.41) is 11.7. The second kappa shape index (κ2) is 8.32. The molecule has 1 aromatic rings. The van der Waals surface area contributed by atoms with Gasteiger partial charge in [-0.1, -0.05) is 30.3 Å². The zero-order chi connectivity index (χ0) is 15.0. The van der Waals surface area contributed by atoms with Crippen LogP contribution in [0.3, 0.4) is 0 Å². The van der Waals surface area contributed by atoms with Gasteiger partial charge in [0.2, 0.25) is 0 Å². The largest absolute Gasteiger partial charge is 0.480 e. The van der Waals surface area contributed by atoms with E-state index in [0.29, 0.717) is 12.8 Å². The fourth-order valence-corrected chi connectivity index (χ4v) is 1.84. The number of carboxylic acids is 1. The van der Waals surface area contributed by atoms with Crippen LogP contribution < -0.4 is 5.32 Å². The normalized spacial score (nSPS) is 13.5. The number of nitrogens with one attached hydrogen (secondary N) is 1. The fourth-order valence-electron chi connectivity index (χ4n) is 1.84. The molecule has 0 radical (unpaired) electrons. The number of rotatable bonds is 8. The molecule has 0 spiro atoms. The van der Waals surface area contributed by atoms with Gasteiger partial charge in [-0.05, 0) is 32.3 Å². The van der Waals surface area contributed by atoms with Crippen LogP contribution in [0.25, 0.3) is 0 Å². The number of ether oxygens (including phenoxy) is 1. The van der Waals surface area contributed by atoms with Gasteiger partial charge < -0.3 is 9.84 Å². The smallest absolute Gasteiger partial charge is 0.323 e. The Hall–Kier alpha value is -1.88. The Labute approximate surface area is 118 Å². The monoisotopic (exact) mass is 279 g/mol. The Bertz CT molecular complexity index is 433. The average Bonchev–Trinajstić information content (AvgIpc) is 2.44. The van der Waals surface area contributed by atoms with Crippen LogP contribution in [0.2, 0.25) is 0 Å². The van der Waals surface area contributed by atoms with Crippen molar-refractivity contribution in [2.45, 2.75) is 38.8 Å². The fraction of sp³-hybridized carbons (Fsp3) is 0.467. The first-order chi connectivity index (χ1) is 9.54. The van der Waals surface area contributed by atoms with E-state index in [-0.39, 0.29) is 6.61 Å². The molecule has 0 fully saturated rings. The third-order valence-electron chi connectivity index (χ3n) is 2.96. The molecule has 0 aliphatic heterocycles.